The smallest absolute Gasteiger partial charge is 0.460 e. The molecule has 0 aromatic heterocycles. The van der Waals surface area contributed by atoms with Gasteiger partial charge in [0.15, 0.2) is 6.10 Å². The highest BCUT2D eigenvalue weighted by Gasteiger charge is 2.25. The molecule has 5 N–H and O–H groups in total. The Bertz CT molecular complexity index is 1200. The largest absolute Gasteiger partial charge is 0.470 e. The normalized spacial score (nSPS) is 11.9. The second kappa shape index (κ2) is 23.8. The number of phosphoric acid groups is 1. The van der Waals surface area contributed by atoms with Gasteiger partial charge in [0.05, 0.1) is 32.8 Å². The maximum atomic E-state index is 12.3. The first-order chi connectivity index (χ1) is 22.4. The molecule has 0 fully saturated rings. The second-order valence-corrected chi connectivity index (χ2v) is 10.7. The number of phosphoric ester groups is 1. The van der Waals surface area contributed by atoms with E-state index in [4.69, 9.17) is 33.2 Å². The van der Waals surface area contributed by atoms with E-state index in [9.17, 15) is 43.1 Å². The molecular formula is C27H42N3O17P. The lowest BCUT2D eigenvalue weighted by atomic mass is 10.4. The third kappa shape index (κ3) is 23.8. The van der Waals surface area contributed by atoms with Crippen LogP contribution in [0.5, 0.6) is 0 Å². The lowest BCUT2D eigenvalue weighted by Crippen LogP contribution is -2.38. The van der Waals surface area contributed by atoms with Crippen molar-refractivity contribution in [3.05, 3.63) is 36.5 Å². The van der Waals surface area contributed by atoms with Crippen molar-refractivity contribution in [1.82, 2.24) is 16.0 Å². The number of carbonyl (C=O) groups is 6. The first-order valence-corrected chi connectivity index (χ1v) is 15.5. The van der Waals surface area contributed by atoms with Crippen LogP contribution in [0.25, 0.3) is 0 Å². The van der Waals surface area contributed by atoms with Crippen LogP contribution in [0.2, 0.25) is 0 Å². The first-order valence-electron chi connectivity index (χ1n) is 14.0. The van der Waals surface area contributed by atoms with E-state index in [2.05, 4.69) is 40.2 Å². The molecule has 0 saturated heterocycles. The Morgan fingerprint density at radius 3 is 1.31 bits per heavy atom. The molecule has 0 saturated carbocycles. The summed E-state index contributed by atoms with van der Waals surface area (Å²) >= 11 is 0. The molecule has 0 rings (SSSR count). The van der Waals surface area contributed by atoms with Crippen LogP contribution in [-0.2, 0) is 56.6 Å². The Labute approximate surface area is 276 Å². The molecule has 0 aromatic rings. The van der Waals surface area contributed by atoms with Crippen molar-refractivity contribution in [3.63, 3.8) is 0 Å². The molecule has 0 aromatic carbocycles. The number of esters is 3. The fraction of sp³-hybridized carbons (Fsp3) is 0.556. The summed E-state index contributed by atoms with van der Waals surface area (Å²) in [4.78, 5) is 88.9. The van der Waals surface area contributed by atoms with Crippen molar-refractivity contribution < 1.29 is 80.8 Å². The van der Waals surface area contributed by atoms with Gasteiger partial charge in [-0.15, -0.1) is 0 Å². The molecule has 0 spiro atoms. The maximum Gasteiger partial charge on any atom is 0.470 e. The number of ether oxygens (including phenoxy) is 7. The van der Waals surface area contributed by atoms with Crippen molar-refractivity contribution in [3.8, 4) is 0 Å². The number of hydrogen-bond acceptors (Lipinski definition) is 15. The Kier molecular flexibility index (Phi) is 21.5. The van der Waals surface area contributed by atoms with Gasteiger partial charge < -0.3 is 58.9 Å². The van der Waals surface area contributed by atoms with Crippen molar-refractivity contribution >= 4 is 44.0 Å². The number of hydrogen-bond donors (Lipinski definition) is 5. The number of nitrogens with one attached hydrogen (secondary N) is 3. The average molecular weight is 712 g/mol. The second-order valence-electron chi connectivity index (χ2n) is 9.51. The van der Waals surface area contributed by atoms with Gasteiger partial charge in [-0.3, -0.25) is 4.52 Å². The molecule has 0 heterocycles. The van der Waals surface area contributed by atoms with Crippen LogP contribution in [0.1, 0.15) is 20.8 Å². The Hall–Kier alpha value is -4.49. The highest BCUT2D eigenvalue weighted by atomic mass is 31.2. The topological polar surface area (TPSA) is 270 Å². The van der Waals surface area contributed by atoms with Crippen molar-refractivity contribution in [2.45, 2.75) is 33.0 Å². The third-order valence-electron chi connectivity index (χ3n) is 4.83. The van der Waals surface area contributed by atoms with Gasteiger partial charge in [0.1, 0.15) is 39.1 Å². The molecule has 20 nitrogen and oxygen atoms in total. The predicted octanol–water partition coefficient (Wildman–Crippen LogP) is 0.386. The Morgan fingerprint density at radius 2 is 0.938 bits per heavy atom. The van der Waals surface area contributed by atoms with Gasteiger partial charge in [-0.05, 0) is 20.8 Å². The van der Waals surface area contributed by atoms with Gasteiger partial charge in [-0.1, -0.05) is 19.7 Å². The highest BCUT2D eigenvalue weighted by Crippen LogP contribution is 2.37. The minimum absolute atomic E-state index is 0.127. The standard InChI is InChI=1S/C27H42N3O17P/c1-17(2)22(31)41-10-7-28-25(34)44-15-20(46-27(36)30-9-12-43-24(33)19(5)6)13-40-14-21(47-48(37,38)39)16-45-26(35)29-8-11-42-23(32)18(3)4/h20-21H,1,3,5,7-16H2,2,4,6H3,(H,28,34)(H,29,35)(H,30,36)(H2,37,38,39). The summed E-state index contributed by atoms with van der Waals surface area (Å²) < 4.78 is 50.8. The monoisotopic (exact) mass is 711 g/mol. The molecule has 2 unspecified atom stereocenters. The van der Waals surface area contributed by atoms with Crippen LogP contribution >= 0.6 is 7.82 Å². The first kappa shape index (κ1) is 43.5. The molecule has 3 amide bonds. The van der Waals surface area contributed by atoms with E-state index < -0.39 is 82.6 Å². The van der Waals surface area contributed by atoms with Gasteiger partial charge >= 0.3 is 44.0 Å². The zero-order valence-electron chi connectivity index (χ0n) is 26.8. The highest BCUT2D eigenvalue weighted by molar-refractivity contribution is 7.46. The van der Waals surface area contributed by atoms with Gasteiger partial charge in [-0.2, -0.15) is 0 Å². The quantitative estimate of drug-likeness (QED) is 0.0315. The Morgan fingerprint density at radius 1 is 0.583 bits per heavy atom. The fourth-order valence-corrected chi connectivity index (χ4v) is 3.15. The molecule has 0 aliphatic rings. The van der Waals surface area contributed by atoms with E-state index >= 15 is 0 Å². The summed E-state index contributed by atoms with van der Waals surface area (Å²) in [7, 11) is -5.10. The molecule has 0 bridgehead atoms. The van der Waals surface area contributed by atoms with Gasteiger partial charge in [0.25, 0.3) is 0 Å². The summed E-state index contributed by atoms with van der Waals surface area (Å²) in [5.41, 5.74) is 0.457. The molecule has 48 heavy (non-hydrogen) atoms. The minimum Gasteiger partial charge on any atom is -0.460 e. The van der Waals surface area contributed by atoms with Crippen LogP contribution < -0.4 is 16.0 Å². The van der Waals surface area contributed by atoms with Crippen LogP contribution in [-0.4, -0.2) is 124 Å². The van der Waals surface area contributed by atoms with E-state index in [1.807, 2.05) is 0 Å². The number of amides is 3. The lowest BCUT2D eigenvalue weighted by Gasteiger charge is -2.21. The number of rotatable bonds is 23. The van der Waals surface area contributed by atoms with Gasteiger partial charge in [0, 0.05) is 16.7 Å². The average Bonchev–Trinajstić information content (AvgIpc) is 2.99. The van der Waals surface area contributed by atoms with Gasteiger partial charge in [-0.25, -0.2) is 33.3 Å². The van der Waals surface area contributed by atoms with E-state index in [0.29, 0.717) is 0 Å². The summed E-state index contributed by atoms with van der Waals surface area (Å²) in [6.07, 6.45) is -5.90. The van der Waals surface area contributed by atoms with E-state index in [1.54, 1.807) is 0 Å². The number of carbonyl (C=O) groups excluding carboxylic acids is 6. The van der Waals surface area contributed by atoms with Crippen LogP contribution in [0.4, 0.5) is 14.4 Å². The van der Waals surface area contributed by atoms with Crippen molar-refractivity contribution in [2.24, 2.45) is 0 Å². The fourth-order valence-electron chi connectivity index (χ4n) is 2.64. The molecule has 0 aliphatic carbocycles. The third-order valence-corrected chi connectivity index (χ3v) is 5.40. The zero-order valence-corrected chi connectivity index (χ0v) is 27.7. The molecular weight excluding hydrogens is 669 g/mol. The summed E-state index contributed by atoms with van der Waals surface area (Å²) in [6.45, 7) is 11.0. The van der Waals surface area contributed by atoms with Crippen molar-refractivity contribution in [2.75, 3.05) is 65.9 Å². The van der Waals surface area contributed by atoms with Crippen molar-refractivity contribution in [1.29, 1.82) is 0 Å². The summed E-state index contributed by atoms with van der Waals surface area (Å²) in [6, 6.07) is 0. The van der Waals surface area contributed by atoms with Crippen LogP contribution in [0.3, 0.4) is 0 Å². The van der Waals surface area contributed by atoms with Crippen LogP contribution in [0.15, 0.2) is 36.5 Å². The number of alkyl carbamates (subject to hydrolysis) is 3. The Balaban J connectivity index is 5.08. The molecule has 21 heteroatoms. The maximum absolute atomic E-state index is 12.3. The molecule has 0 aliphatic heterocycles. The zero-order chi connectivity index (χ0) is 36.7. The SMILES string of the molecule is C=C(C)C(=O)OCCNC(=O)OCC(COCC(COC(=O)NCCOC(=O)C(=C)C)OP(=O)(O)O)OC(=O)NCCOC(=O)C(=C)C. The minimum atomic E-state index is -5.10. The molecule has 272 valence electrons. The lowest BCUT2D eigenvalue weighted by molar-refractivity contribution is -0.139. The van der Waals surface area contributed by atoms with Crippen LogP contribution in [0, 0.1) is 0 Å². The van der Waals surface area contributed by atoms with Gasteiger partial charge in [0.2, 0.25) is 0 Å². The predicted molar refractivity (Wildman–Crippen MR) is 162 cm³/mol. The van der Waals surface area contributed by atoms with E-state index in [0.717, 1.165) is 0 Å². The van der Waals surface area contributed by atoms with E-state index in [-0.39, 0.29) is 56.2 Å². The molecule has 2 atom stereocenters. The summed E-state index contributed by atoms with van der Waals surface area (Å²) in [5, 5.41) is 6.83. The molecule has 0 radical (unpaired) electrons. The van der Waals surface area contributed by atoms with E-state index in [1.165, 1.54) is 20.8 Å². The summed E-state index contributed by atoms with van der Waals surface area (Å²) in [5.74, 6) is -2.01.